The molecule has 3 aromatic rings. The number of likely N-dealkylation sites (tertiary alicyclic amines) is 1. The van der Waals surface area contributed by atoms with Crippen molar-refractivity contribution >= 4 is 27.1 Å². The predicted molar refractivity (Wildman–Crippen MR) is 154 cm³/mol. The lowest BCUT2D eigenvalue weighted by atomic mass is 9.80. The summed E-state index contributed by atoms with van der Waals surface area (Å²) >= 11 is 1.42. The zero-order valence-electron chi connectivity index (χ0n) is 24.4. The first kappa shape index (κ1) is 31.5. The number of alkyl halides is 3. The molecule has 0 bridgehead atoms. The van der Waals surface area contributed by atoms with Crippen LogP contribution in [0.25, 0.3) is 0 Å². The Morgan fingerprint density at radius 3 is 2.40 bits per heavy atom. The molecule has 1 spiro atoms. The summed E-state index contributed by atoms with van der Waals surface area (Å²) in [6.07, 6.45) is 1.19. The van der Waals surface area contributed by atoms with E-state index in [9.17, 15) is 26.4 Å². The molecule has 5 heterocycles. The van der Waals surface area contributed by atoms with Gasteiger partial charge in [0, 0.05) is 54.6 Å². The predicted octanol–water partition coefficient (Wildman–Crippen LogP) is 5.08. The Bertz CT molecular complexity index is 1580. The van der Waals surface area contributed by atoms with Crippen LogP contribution in [0.2, 0.25) is 0 Å². The van der Waals surface area contributed by atoms with Crippen LogP contribution in [0.5, 0.6) is 0 Å². The molecule has 0 saturated carbocycles. The molecule has 9 nitrogen and oxygen atoms in total. The first-order valence-corrected chi connectivity index (χ1v) is 16.5. The molecule has 1 amide bonds. The molecule has 0 aliphatic carbocycles. The summed E-state index contributed by atoms with van der Waals surface area (Å²) in [5.41, 5.74) is 1.22. The zero-order chi connectivity index (χ0) is 31.2. The Labute approximate surface area is 252 Å². The van der Waals surface area contributed by atoms with E-state index in [0.29, 0.717) is 48.5 Å². The number of hydrogen-bond donors (Lipinski definition) is 1. The van der Waals surface area contributed by atoms with E-state index in [1.165, 1.54) is 36.0 Å². The Hall–Kier alpha value is -2.94. The van der Waals surface area contributed by atoms with Crippen molar-refractivity contribution in [2.45, 2.75) is 81.8 Å². The van der Waals surface area contributed by atoms with Crippen LogP contribution in [-0.2, 0) is 39.3 Å². The number of rotatable bonds is 7. The number of ether oxygens (including phenoxy) is 1. The molecule has 1 fully saturated rings. The van der Waals surface area contributed by atoms with Crippen LogP contribution in [0, 0.1) is 0 Å². The lowest BCUT2D eigenvalue weighted by molar-refractivity contribution is -0.179. The third-order valence-electron chi connectivity index (χ3n) is 8.06. The van der Waals surface area contributed by atoms with E-state index < -0.39 is 33.0 Å². The molecule has 232 valence electrons. The number of nitrogens with zero attached hydrogens (tertiary/aromatic N) is 4. The first-order chi connectivity index (χ1) is 20.1. The maximum atomic E-state index is 13.2. The van der Waals surface area contributed by atoms with Gasteiger partial charge in [-0.3, -0.25) is 14.7 Å². The van der Waals surface area contributed by atoms with Gasteiger partial charge in [0.05, 0.1) is 33.4 Å². The van der Waals surface area contributed by atoms with Crippen LogP contribution in [0.15, 0.2) is 41.7 Å². The fourth-order valence-corrected chi connectivity index (χ4v) is 7.87. The Balaban J connectivity index is 1.28. The number of nitrogens with one attached hydrogen (secondary N) is 1. The molecule has 5 rings (SSSR count). The quantitative estimate of drug-likeness (QED) is 0.382. The van der Waals surface area contributed by atoms with Gasteiger partial charge in [-0.2, -0.15) is 13.2 Å². The monoisotopic (exact) mass is 637 g/mol. The second kappa shape index (κ2) is 11.5. The summed E-state index contributed by atoms with van der Waals surface area (Å²) in [6, 6.07) is 4.85. The highest BCUT2D eigenvalue weighted by Crippen LogP contribution is 2.50. The number of fused-ring (bicyclic) bond motifs is 2. The first-order valence-electron chi connectivity index (χ1n) is 14.0. The Morgan fingerprint density at radius 2 is 1.81 bits per heavy atom. The zero-order valence-corrected chi connectivity index (χ0v) is 26.0. The lowest BCUT2D eigenvalue weighted by Gasteiger charge is -2.50. The van der Waals surface area contributed by atoms with E-state index in [4.69, 9.17) is 4.74 Å². The number of carbonyl (C=O) groups is 1. The molecule has 1 unspecified atom stereocenters. The van der Waals surface area contributed by atoms with E-state index in [2.05, 4.69) is 25.2 Å². The maximum Gasteiger partial charge on any atom is 0.451 e. The SMILES string of the molecule is CCS(=O)(=O)c1ccc(CNC(=O)c2cc3c(s2)C2(CCN(C(C)c4cnc(C(F)(F)F)nc4)CC2)OC(C)(C)C3)nc1. The maximum absolute atomic E-state index is 13.2. The van der Waals surface area contributed by atoms with Crippen molar-refractivity contribution in [3.8, 4) is 0 Å². The molecular weight excluding hydrogens is 603 g/mol. The van der Waals surface area contributed by atoms with Crippen LogP contribution in [0.3, 0.4) is 0 Å². The minimum atomic E-state index is -4.58. The molecule has 2 aliphatic rings. The summed E-state index contributed by atoms with van der Waals surface area (Å²) in [4.78, 5) is 28.3. The third kappa shape index (κ3) is 6.61. The fraction of sp³-hybridized carbons (Fsp3) is 0.517. The molecule has 43 heavy (non-hydrogen) atoms. The second-order valence-corrected chi connectivity index (χ2v) is 14.9. The van der Waals surface area contributed by atoms with E-state index in [1.807, 2.05) is 26.8 Å². The molecular formula is C29H34F3N5O4S2. The number of pyridine rings is 1. The number of piperidine rings is 1. The Kier molecular flexibility index (Phi) is 8.44. The number of hydrogen-bond acceptors (Lipinski definition) is 9. The number of aromatic nitrogens is 3. The minimum Gasteiger partial charge on any atom is -0.363 e. The highest BCUT2D eigenvalue weighted by atomic mass is 32.2. The van der Waals surface area contributed by atoms with Crippen molar-refractivity contribution in [3.63, 3.8) is 0 Å². The van der Waals surface area contributed by atoms with Gasteiger partial charge >= 0.3 is 6.18 Å². The molecule has 1 saturated heterocycles. The largest absolute Gasteiger partial charge is 0.451 e. The van der Waals surface area contributed by atoms with E-state index in [0.717, 1.165) is 10.4 Å². The molecule has 3 aromatic heterocycles. The van der Waals surface area contributed by atoms with Gasteiger partial charge in [-0.1, -0.05) is 6.92 Å². The average molecular weight is 638 g/mol. The van der Waals surface area contributed by atoms with Gasteiger partial charge in [-0.15, -0.1) is 11.3 Å². The number of amides is 1. The topological polar surface area (TPSA) is 114 Å². The van der Waals surface area contributed by atoms with E-state index >= 15 is 0 Å². The summed E-state index contributed by atoms with van der Waals surface area (Å²) < 4.78 is 69.5. The smallest absolute Gasteiger partial charge is 0.363 e. The van der Waals surface area contributed by atoms with E-state index in [-0.39, 0.29) is 29.1 Å². The van der Waals surface area contributed by atoms with Crippen molar-refractivity contribution in [1.29, 1.82) is 0 Å². The van der Waals surface area contributed by atoms with Crippen molar-refractivity contribution in [1.82, 2.24) is 25.2 Å². The van der Waals surface area contributed by atoms with Crippen LogP contribution >= 0.6 is 11.3 Å². The summed E-state index contributed by atoms with van der Waals surface area (Å²) in [5, 5.41) is 2.89. The van der Waals surface area contributed by atoms with Gasteiger partial charge in [0.25, 0.3) is 5.91 Å². The van der Waals surface area contributed by atoms with E-state index in [1.54, 1.807) is 13.0 Å². The van der Waals surface area contributed by atoms with Gasteiger partial charge in [-0.05, 0) is 57.4 Å². The van der Waals surface area contributed by atoms with Gasteiger partial charge < -0.3 is 10.1 Å². The number of halogens is 3. The highest BCUT2D eigenvalue weighted by molar-refractivity contribution is 7.91. The van der Waals surface area contributed by atoms with Crippen LogP contribution in [-0.4, -0.2) is 58.6 Å². The summed E-state index contributed by atoms with van der Waals surface area (Å²) in [6.45, 7) is 9.03. The molecule has 0 aromatic carbocycles. The fourth-order valence-electron chi connectivity index (χ4n) is 5.76. The molecule has 0 radical (unpaired) electrons. The van der Waals surface area contributed by atoms with Crippen LogP contribution < -0.4 is 5.32 Å². The molecule has 1 atom stereocenters. The van der Waals surface area contributed by atoms with Crippen molar-refractivity contribution in [2.24, 2.45) is 0 Å². The van der Waals surface area contributed by atoms with Gasteiger partial charge in [0.2, 0.25) is 5.82 Å². The average Bonchev–Trinajstić information content (AvgIpc) is 3.40. The number of sulfone groups is 1. The van der Waals surface area contributed by atoms with Crippen molar-refractivity contribution in [2.75, 3.05) is 18.8 Å². The molecule has 1 N–H and O–H groups in total. The molecule has 2 aliphatic heterocycles. The van der Waals surface area contributed by atoms with Crippen LogP contribution in [0.4, 0.5) is 13.2 Å². The number of carbonyl (C=O) groups excluding carboxylic acids is 1. The van der Waals surface area contributed by atoms with Crippen molar-refractivity contribution in [3.05, 3.63) is 69.2 Å². The normalized spacial score (nSPS) is 19.1. The van der Waals surface area contributed by atoms with Crippen molar-refractivity contribution < 1.29 is 31.1 Å². The standard InChI is InChI=1S/C29H34F3N5O4S2/c1-5-43(39,40)22-7-6-21(33-17-22)16-34-25(38)23-12-19-13-27(3,4)41-28(24(19)42-23)8-10-37(11-9-28)18(2)20-14-35-26(36-15-20)29(30,31)32/h6-7,12,14-15,17-18H,5,8-11,13,16H2,1-4H3,(H,34,38). The summed E-state index contributed by atoms with van der Waals surface area (Å²) in [7, 11) is -3.35. The van der Waals surface area contributed by atoms with Crippen LogP contribution in [0.1, 0.15) is 83.8 Å². The number of thiophene rings is 1. The third-order valence-corrected chi connectivity index (χ3v) is 11.1. The van der Waals surface area contributed by atoms with Gasteiger partial charge in [-0.25, -0.2) is 18.4 Å². The lowest BCUT2D eigenvalue weighted by Crippen LogP contribution is -2.51. The summed E-state index contributed by atoms with van der Waals surface area (Å²) in [5.74, 6) is -1.41. The minimum absolute atomic E-state index is 0.0129. The molecule has 14 heteroatoms. The van der Waals surface area contributed by atoms with Gasteiger partial charge in [0.1, 0.15) is 5.60 Å². The Morgan fingerprint density at radius 1 is 1.14 bits per heavy atom. The highest BCUT2D eigenvalue weighted by Gasteiger charge is 2.48. The second-order valence-electron chi connectivity index (χ2n) is 11.6. The van der Waals surface area contributed by atoms with Gasteiger partial charge in [0.15, 0.2) is 9.84 Å².